The van der Waals surface area contributed by atoms with Crippen molar-refractivity contribution in [3.8, 4) is 56.4 Å². The van der Waals surface area contributed by atoms with E-state index in [2.05, 4.69) is 127 Å². The lowest BCUT2D eigenvalue weighted by atomic mass is 9.93. The molecule has 0 aliphatic rings. The van der Waals surface area contributed by atoms with E-state index >= 15 is 0 Å². The van der Waals surface area contributed by atoms with Crippen LogP contribution in [0.15, 0.2) is 185 Å². The lowest BCUT2D eigenvalue weighted by molar-refractivity contribution is 0.669. The first-order valence-corrected chi connectivity index (χ1v) is 19.7. The van der Waals surface area contributed by atoms with Crippen molar-refractivity contribution in [2.24, 2.45) is 0 Å². The standard InChI is InChI=1S/C51H29N3O2S/c1-3-12-30(13-4-1)34-27-39(47-36-16-7-9-19-41(36)56-44(47)29-34)32-23-25-42-40(26-32)35-24-22-33(28-43(35)55-42)50-52-49(31-14-5-2-6-15-31)53-51(54-50)38-18-11-21-46-48(38)37-17-8-10-20-45(37)57-46/h1-29H. The summed E-state index contributed by atoms with van der Waals surface area (Å²) in [6.07, 6.45) is 0. The van der Waals surface area contributed by atoms with E-state index in [9.17, 15) is 0 Å². The van der Waals surface area contributed by atoms with E-state index in [4.69, 9.17) is 23.8 Å². The predicted molar refractivity (Wildman–Crippen MR) is 234 cm³/mol. The molecule has 12 rings (SSSR count). The fourth-order valence-electron chi connectivity index (χ4n) is 8.27. The Kier molecular flexibility index (Phi) is 7.03. The first-order chi connectivity index (χ1) is 28.2. The summed E-state index contributed by atoms with van der Waals surface area (Å²) >= 11 is 1.79. The fraction of sp³-hybridized carbons (Fsp3) is 0. The van der Waals surface area contributed by atoms with Gasteiger partial charge in [0, 0.05) is 58.4 Å². The minimum absolute atomic E-state index is 0.588. The van der Waals surface area contributed by atoms with Crippen molar-refractivity contribution in [1.29, 1.82) is 0 Å². The second-order valence-corrected chi connectivity index (χ2v) is 15.4. The molecule has 0 saturated carbocycles. The second kappa shape index (κ2) is 12.6. The molecule has 4 aromatic heterocycles. The Balaban J connectivity index is 1.02. The topological polar surface area (TPSA) is 65.0 Å². The highest BCUT2D eigenvalue weighted by Crippen LogP contribution is 2.43. The maximum Gasteiger partial charge on any atom is 0.164 e. The van der Waals surface area contributed by atoms with Gasteiger partial charge in [0.05, 0.1) is 0 Å². The van der Waals surface area contributed by atoms with Gasteiger partial charge in [0.15, 0.2) is 17.5 Å². The van der Waals surface area contributed by atoms with Crippen LogP contribution in [0.1, 0.15) is 0 Å². The number of hydrogen-bond acceptors (Lipinski definition) is 6. The summed E-state index contributed by atoms with van der Waals surface area (Å²) in [5.41, 5.74) is 10.5. The summed E-state index contributed by atoms with van der Waals surface area (Å²) < 4.78 is 15.5. The quantitative estimate of drug-likeness (QED) is 0.175. The zero-order chi connectivity index (χ0) is 37.5. The normalized spacial score (nSPS) is 11.9. The van der Waals surface area contributed by atoms with Crippen molar-refractivity contribution in [3.05, 3.63) is 176 Å². The number of rotatable bonds is 5. The van der Waals surface area contributed by atoms with Crippen LogP contribution in [-0.4, -0.2) is 15.0 Å². The lowest BCUT2D eigenvalue weighted by Gasteiger charge is -2.10. The highest BCUT2D eigenvalue weighted by Gasteiger charge is 2.20. The van der Waals surface area contributed by atoms with Crippen molar-refractivity contribution in [2.75, 3.05) is 0 Å². The fourth-order valence-corrected chi connectivity index (χ4v) is 9.40. The van der Waals surface area contributed by atoms with E-state index < -0.39 is 0 Å². The molecule has 0 unspecified atom stereocenters. The predicted octanol–water partition coefficient (Wildman–Crippen LogP) is 14.4. The van der Waals surface area contributed by atoms with E-state index in [-0.39, 0.29) is 0 Å². The zero-order valence-corrected chi connectivity index (χ0v) is 31.1. The van der Waals surface area contributed by atoms with Crippen LogP contribution in [-0.2, 0) is 0 Å². The third kappa shape index (κ3) is 5.19. The Bertz CT molecular complexity index is 3530. The first-order valence-electron chi connectivity index (χ1n) is 18.9. The average Bonchev–Trinajstić information content (AvgIpc) is 3.97. The molecule has 57 heavy (non-hydrogen) atoms. The first kappa shape index (κ1) is 31.9. The smallest absolute Gasteiger partial charge is 0.164 e. The van der Waals surface area contributed by atoms with E-state index in [0.29, 0.717) is 17.5 Å². The highest BCUT2D eigenvalue weighted by molar-refractivity contribution is 7.25. The van der Waals surface area contributed by atoms with Crippen LogP contribution in [0.25, 0.3) is 120 Å². The van der Waals surface area contributed by atoms with Gasteiger partial charge in [0.1, 0.15) is 22.3 Å². The van der Waals surface area contributed by atoms with Crippen LogP contribution in [0.3, 0.4) is 0 Å². The number of thiophene rings is 1. The summed E-state index contributed by atoms with van der Waals surface area (Å²) in [5.74, 6) is 1.85. The van der Waals surface area contributed by atoms with Crippen molar-refractivity contribution >= 4 is 75.4 Å². The zero-order valence-electron chi connectivity index (χ0n) is 30.3. The molecule has 0 N–H and O–H groups in total. The van der Waals surface area contributed by atoms with Crippen molar-refractivity contribution in [2.45, 2.75) is 0 Å². The maximum atomic E-state index is 6.58. The molecule has 0 fully saturated rings. The van der Waals surface area contributed by atoms with Gasteiger partial charge in [-0.05, 0) is 76.9 Å². The molecule has 266 valence electrons. The van der Waals surface area contributed by atoms with Gasteiger partial charge in [0.2, 0.25) is 0 Å². The van der Waals surface area contributed by atoms with Crippen LogP contribution in [0.4, 0.5) is 0 Å². The molecule has 12 aromatic rings. The molecule has 0 saturated heterocycles. The molecule has 0 spiro atoms. The molecule has 0 atom stereocenters. The molecule has 6 heteroatoms. The number of hydrogen-bond donors (Lipinski definition) is 0. The van der Waals surface area contributed by atoms with Crippen molar-refractivity contribution in [1.82, 2.24) is 15.0 Å². The third-order valence-electron chi connectivity index (χ3n) is 10.9. The van der Waals surface area contributed by atoms with E-state index in [1.165, 1.54) is 14.8 Å². The van der Waals surface area contributed by atoms with Crippen LogP contribution >= 0.6 is 11.3 Å². The molecular weight excluding hydrogens is 719 g/mol. The van der Waals surface area contributed by atoms with Gasteiger partial charge in [-0.3, -0.25) is 0 Å². The summed E-state index contributed by atoms with van der Waals surface area (Å²) in [6.45, 7) is 0. The third-order valence-corrected chi connectivity index (χ3v) is 12.1. The van der Waals surface area contributed by atoms with E-state index in [0.717, 1.165) is 88.2 Å². The number of aromatic nitrogens is 3. The van der Waals surface area contributed by atoms with Gasteiger partial charge in [-0.1, -0.05) is 121 Å². The highest BCUT2D eigenvalue weighted by atomic mass is 32.1. The van der Waals surface area contributed by atoms with Gasteiger partial charge >= 0.3 is 0 Å². The van der Waals surface area contributed by atoms with Gasteiger partial charge in [-0.2, -0.15) is 0 Å². The average molecular weight is 748 g/mol. The number of fused-ring (bicyclic) bond motifs is 9. The maximum absolute atomic E-state index is 6.58. The molecule has 0 radical (unpaired) electrons. The molecule has 0 amide bonds. The number of nitrogens with zero attached hydrogens (tertiary/aromatic N) is 3. The number of furan rings is 2. The molecule has 5 nitrogen and oxygen atoms in total. The summed E-state index contributed by atoms with van der Waals surface area (Å²) in [4.78, 5) is 15.3. The van der Waals surface area contributed by atoms with Gasteiger partial charge < -0.3 is 8.83 Å². The minimum Gasteiger partial charge on any atom is -0.456 e. The van der Waals surface area contributed by atoms with Gasteiger partial charge in [-0.25, -0.2) is 15.0 Å². The van der Waals surface area contributed by atoms with Crippen LogP contribution < -0.4 is 0 Å². The van der Waals surface area contributed by atoms with Crippen molar-refractivity contribution < 1.29 is 8.83 Å². The van der Waals surface area contributed by atoms with Crippen LogP contribution in [0.2, 0.25) is 0 Å². The Hall–Kier alpha value is -7.41. The largest absolute Gasteiger partial charge is 0.456 e. The van der Waals surface area contributed by atoms with Crippen molar-refractivity contribution in [3.63, 3.8) is 0 Å². The van der Waals surface area contributed by atoms with Crippen LogP contribution in [0, 0.1) is 0 Å². The monoisotopic (exact) mass is 747 g/mol. The molecule has 8 aromatic carbocycles. The number of para-hydroxylation sites is 1. The van der Waals surface area contributed by atoms with Crippen LogP contribution in [0.5, 0.6) is 0 Å². The number of benzene rings is 8. The second-order valence-electron chi connectivity index (χ2n) is 14.3. The molecule has 0 aliphatic heterocycles. The Morgan fingerprint density at radius 3 is 1.82 bits per heavy atom. The lowest BCUT2D eigenvalue weighted by Crippen LogP contribution is -2.00. The SMILES string of the molecule is c1ccc(-c2cc(-c3ccc4oc5cc(-c6nc(-c7ccccc7)nc(-c7cccc8sc9ccccc9c78)n6)ccc5c4c3)c3c(c2)oc2ccccc23)cc1. The van der Waals surface area contributed by atoms with Gasteiger partial charge in [0.25, 0.3) is 0 Å². The van der Waals surface area contributed by atoms with E-state index in [1.54, 1.807) is 11.3 Å². The molecule has 0 bridgehead atoms. The van der Waals surface area contributed by atoms with E-state index in [1.807, 2.05) is 48.5 Å². The molecular formula is C51H29N3O2S. The summed E-state index contributed by atoms with van der Waals surface area (Å²) in [7, 11) is 0. The summed E-state index contributed by atoms with van der Waals surface area (Å²) in [5, 5.41) is 6.62. The molecule has 4 heterocycles. The van der Waals surface area contributed by atoms with Gasteiger partial charge in [-0.15, -0.1) is 11.3 Å². The Morgan fingerprint density at radius 1 is 0.316 bits per heavy atom. The Morgan fingerprint density at radius 2 is 0.965 bits per heavy atom. The molecule has 0 aliphatic carbocycles. The summed E-state index contributed by atoms with van der Waals surface area (Å²) in [6, 6.07) is 60.9. The Labute approximate surface area is 330 Å². The minimum atomic E-state index is 0.588.